The van der Waals surface area contributed by atoms with Gasteiger partial charge in [0.2, 0.25) is 9.03 Å². The van der Waals surface area contributed by atoms with E-state index >= 15 is 0 Å². The van der Waals surface area contributed by atoms with E-state index in [1.165, 1.54) is 4.90 Å². The molecule has 8 heteroatoms. The Morgan fingerprint density at radius 1 is 1.26 bits per heavy atom. The Morgan fingerprint density at radius 3 is 2.74 bits per heavy atom. The molecule has 0 spiro atoms. The van der Waals surface area contributed by atoms with Gasteiger partial charge in [-0.1, -0.05) is 18.2 Å². The van der Waals surface area contributed by atoms with Gasteiger partial charge >= 0.3 is 6.03 Å². The van der Waals surface area contributed by atoms with Crippen LogP contribution in [0.4, 0.5) is 13.6 Å². The van der Waals surface area contributed by atoms with Crippen LogP contribution in [0.25, 0.3) is 5.57 Å². The first kappa shape index (κ1) is 19.3. The van der Waals surface area contributed by atoms with Gasteiger partial charge in [0.15, 0.2) is 0 Å². The molecule has 0 bridgehead atoms. The molecule has 27 heavy (non-hydrogen) atoms. The molecule has 1 N–H and O–H groups in total. The standard InChI is InChI=1S/C19H19F2N2O3P/c1-22(2)19(24)23-11-13(16-10-14(20)6-7-17(16)21)9-18(23)12-4-3-5-15(8-12)26-27-25/h3-10,18,25,27H,11H2,1-2H3/t18-/m0/s1. The molecule has 0 aliphatic carbocycles. The van der Waals surface area contributed by atoms with E-state index in [-0.39, 0.29) is 18.1 Å². The van der Waals surface area contributed by atoms with Gasteiger partial charge in [0.25, 0.3) is 0 Å². The molecule has 0 saturated heterocycles. The Bertz CT molecular complexity index is 889. The molecule has 1 aliphatic rings. The number of hydrogen-bond donors (Lipinski definition) is 1. The lowest BCUT2D eigenvalue weighted by atomic mass is 10.0. The van der Waals surface area contributed by atoms with E-state index in [0.717, 1.165) is 23.8 Å². The van der Waals surface area contributed by atoms with Gasteiger partial charge in [0, 0.05) is 26.2 Å². The van der Waals surface area contributed by atoms with Crippen molar-refractivity contribution in [1.29, 1.82) is 0 Å². The van der Waals surface area contributed by atoms with Gasteiger partial charge in [-0.15, -0.1) is 0 Å². The van der Waals surface area contributed by atoms with Crippen LogP contribution in [-0.4, -0.2) is 41.4 Å². The SMILES string of the molecule is CN(C)C(=O)N1CC(c2cc(F)ccc2F)=C[C@H]1c1cccc(OPO)c1. The summed E-state index contributed by atoms with van der Waals surface area (Å²) in [5.74, 6) is -0.621. The molecular formula is C19H19F2N2O3P. The third-order valence-corrected chi connectivity index (χ3v) is 4.63. The number of nitrogens with zero attached hydrogens (tertiary/aromatic N) is 2. The normalized spacial score (nSPS) is 16.7. The molecule has 1 heterocycles. The van der Waals surface area contributed by atoms with Crippen LogP contribution < -0.4 is 4.52 Å². The zero-order chi connectivity index (χ0) is 19.6. The third kappa shape index (κ3) is 4.10. The second kappa shape index (κ2) is 8.03. The van der Waals surface area contributed by atoms with E-state index in [4.69, 9.17) is 9.42 Å². The zero-order valence-corrected chi connectivity index (χ0v) is 15.8. The van der Waals surface area contributed by atoms with Gasteiger partial charge in [-0.25, -0.2) is 13.6 Å². The molecule has 2 amide bonds. The Labute approximate surface area is 157 Å². The second-order valence-electron chi connectivity index (χ2n) is 6.33. The lowest BCUT2D eigenvalue weighted by Gasteiger charge is -2.28. The van der Waals surface area contributed by atoms with Gasteiger partial charge in [0.1, 0.15) is 17.4 Å². The van der Waals surface area contributed by atoms with Crippen molar-refractivity contribution in [2.45, 2.75) is 6.04 Å². The number of carbonyl (C=O) groups is 1. The lowest BCUT2D eigenvalue weighted by Crippen LogP contribution is -2.39. The predicted octanol–water partition coefficient (Wildman–Crippen LogP) is 3.97. The number of carbonyl (C=O) groups excluding carboxylic acids is 1. The summed E-state index contributed by atoms with van der Waals surface area (Å²) >= 11 is 0. The largest absolute Gasteiger partial charge is 0.450 e. The van der Waals surface area contributed by atoms with E-state index < -0.39 is 26.7 Å². The summed E-state index contributed by atoms with van der Waals surface area (Å²) in [7, 11) is 2.56. The number of urea groups is 1. The van der Waals surface area contributed by atoms with Crippen molar-refractivity contribution in [3.63, 3.8) is 0 Å². The zero-order valence-electron chi connectivity index (χ0n) is 14.8. The Hall–Kier alpha value is -2.50. The average molecular weight is 392 g/mol. The van der Waals surface area contributed by atoms with Gasteiger partial charge in [-0.3, -0.25) is 0 Å². The highest BCUT2D eigenvalue weighted by molar-refractivity contribution is 7.25. The van der Waals surface area contributed by atoms with Gasteiger partial charge < -0.3 is 19.2 Å². The minimum Gasteiger partial charge on any atom is -0.450 e. The fourth-order valence-corrected chi connectivity index (χ4v) is 3.30. The molecule has 0 aromatic heterocycles. The van der Waals surface area contributed by atoms with E-state index in [2.05, 4.69) is 0 Å². The fraction of sp³-hybridized carbons (Fsp3) is 0.211. The number of benzene rings is 2. The first-order valence-electron chi connectivity index (χ1n) is 8.20. The molecule has 142 valence electrons. The molecule has 2 aromatic carbocycles. The van der Waals surface area contributed by atoms with Crippen LogP contribution in [0.3, 0.4) is 0 Å². The molecule has 2 aromatic rings. The van der Waals surface area contributed by atoms with Crippen LogP contribution in [0, 0.1) is 11.6 Å². The quantitative estimate of drug-likeness (QED) is 0.802. The van der Waals surface area contributed by atoms with E-state index in [1.54, 1.807) is 43.3 Å². The molecule has 1 unspecified atom stereocenters. The van der Waals surface area contributed by atoms with Crippen molar-refractivity contribution < 1.29 is 23.0 Å². The topological polar surface area (TPSA) is 53.0 Å². The molecule has 5 nitrogen and oxygen atoms in total. The monoisotopic (exact) mass is 392 g/mol. The highest BCUT2D eigenvalue weighted by Gasteiger charge is 2.32. The van der Waals surface area contributed by atoms with Crippen LogP contribution in [0.5, 0.6) is 5.75 Å². The summed E-state index contributed by atoms with van der Waals surface area (Å²) in [5.41, 5.74) is 1.41. The van der Waals surface area contributed by atoms with Crippen LogP contribution in [0.2, 0.25) is 0 Å². The maximum absolute atomic E-state index is 14.2. The Kier molecular flexibility index (Phi) is 5.73. The smallest absolute Gasteiger partial charge is 0.320 e. The molecule has 1 aliphatic heterocycles. The molecule has 0 saturated carbocycles. The highest BCUT2D eigenvalue weighted by atomic mass is 31.1. The molecule has 0 fully saturated rings. The Balaban J connectivity index is 2.03. The molecule has 3 rings (SSSR count). The fourth-order valence-electron chi connectivity index (χ4n) is 3.07. The minimum absolute atomic E-state index is 0.137. The average Bonchev–Trinajstić information content (AvgIpc) is 3.08. The van der Waals surface area contributed by atoms with Crippen molar-refractivity contribution in [2.24, 2.45) is 0 Å². The maximum atomic E-state index is 14.2. The summed E-state index contributed by atoms with van der Waals surface area (Å²) in [5, 5.41) is 0. The summed E-state index contributed by atoms with van der Waals surface area (Å²) in [4.78, 5) is 24.6. The van der Waals surface area contributed by atoms with Crippen LogP contribution in [-0.2, 0) is 0 Å². The highest BCUT2D eigenvalue weighted by Crippen LogP contribution is 2.37. The maximum Gasteiger partial charge on any atom is 0.320 e. The number of hydrogen-bond acceptors (Lipinski definition) is 3. The van der Waals surface area contributed by atoms with Gasteiger partial charge in [-0.05, 0) is 41.5 Å². The van der Waals surface area contributed by atoms with Crippen molar-refractivity contribution in [3.8, 4) is 5.75 Å². The molecule has 2 atom stereocenters. The van der Waals surface area contributed by atoms with E-state index in [1.807, 2.05) is 6.07 Å². The summed E-state index contributed by atoms with van der Waals surface area (Å²) in [6, 6.07) is 9.52. The first-order valence-corrected chi connectivity index (χ1v) is 9.06. The van der Waals surface area contributed by atoms with E-state index in [0.29, 0.717) is 11.3 Å². The van der Waals surface area contributed by atoms with Crippen LogP contribution in [0.1, 0.15) is 17.2 Å². The van der Waals surface area contributed by atoms with Gasteiger partial charge in [-0.2, -0.15) is 0 Å². The summed E-state index contributed by atoms with van der Waals surface area (Å²) in [6.07, 6.45) is 1.75. The van der Waals surface area contributed by atoms with Crippen molar-refractivity contribution >= 4 is 20.6 Å². The second-order valence-corrected chi connectivity index (χ2v) is 6.72. The van der Waals surface area contributed by atoms with Crippen LogP contribution >= 0.6 is 9.03 Å². The number of rotatable bonds is 4. The molecule has 0 radical (unpaired) electrons. The van der Waals surface area contributed by atoms with Crippen LogP contribution in [0.15, 0.2) is 48.5 Å². The first-order chi connectivity index (χ1) is 12.9. The summed E-state index contributed by atoms with van der Waals surface area (Å²) < 4.78 is 33.0. The van der Waals surface area contributed by atoms with Crippen molar-refractivity contribution in [1.82, 2.24) is 9.80 Å². The van der Waals surface area contributed by atoms with Gasteiger partial charge in [0.05, 0.1) is 6.04 Å². The Morgan fingerprint density at radius 2 is 2.04 bits per heavy atom. The van der Waals surface area contributed by atoms with Crippen molar-refractivity contribution in [3.05, 3.63) is 71.3 Å². The summed E-state index contributed by atoms with van der Waals surface area (Å²) in [6.45, 7) is 0.148. The number of amides is 2. The van der Waals surface area contributed by atoms with Crippen molar-refractivity contribution in [2.75, 3.05) is 20.6 Å². The third-order valence-electron chi connectivity index (χ3n) is 4.30. The minimum atomic E-state index is -0.699. The lowest BCUT2D eigenvalue weighted by molar-refractivity contribution is 0.170. The number of halogens is 2. The van der Waals surface area contributed by atoms with E-state index in [9.17, 15) is 13.6 Å². The predicted molar refractivity (Wildman–Crippen MR) is 100 cm³/mol. The molecular weight excluding hydrogens is 373 g/mol.